The van der Waals surface area contributed by atoms with E-state index < -0.39 is 11.6 Å². The SMILES string of the molecule is CC(C)(Oc1ccc(C(=O)c2ccc(Cl)cc2)cc1)C(=O)N1CCC(=NNC(N)=O)CC1. The fourth-order valence-electron chi connectivity index (χ4n) is 3.38. The summed E-state index contributed by atoms with van der Waals surface area (Å²) in [6.07, 6.45) is 1.09. The number of halogens is 1. The Hall–Kier alpha value is -3.39. The number of likely N-dealkylation sites (tertiary alicyclic amines) is 1. The average Bonchev–Trinajstić information content (AvgIpc) is 2.78. The quantitative estimate of drug-likeness (QED) is 0.512. The van der Waals surface area contributed by atoms with Gasteiger partial charge in [0.25, 0.3) is 5.91 Å². The number of primary amides is 1. The van der Waals surface area contributed by atoms with E-state index in [-0.39, 0.29) is 11.7 Å². The summed E-state index contributed by atoms with van der Waals surface area (Å²) in [6, 6.07) is 12.7. The number of amides is 3. The summed E-state index contributed by atoms with van der Waals surface area (Å²) in [5.41, 5.74) is 7.97. The number of carbonyl (C=O) groups excluding carboxylic acids is 3. The number of benzene rings is 2. The minimum absolute atomic E-state index is 0.125. The summed E-state index contributed by atoms with van der Waals surface area (Å²) in [7, 11) is 0. The minimum Gasteiger partial charge on any atom is -0.478 e. The second-order valence-corrected chi connectivity index (χ2v) is 8.36. The van der Waals surface area contributed by atoms with Crippen LogP contribution in [-0.2, 0) is 4.79 Å². The lowest BCUT2D eigenvalue weighted by atomic mass is 10.0. The van der Waals surface area contributed by atoms with Gasteiger partial charge in [0, 0.05) is 47.8 Å². The van der Waals surface area contributed by atoms with Crippen molar-refractivity contribution in [3.8, 4) is 5.75 Å². The fraction of sp³-hybridized carbons (Fsp3) is 0.304. The number of urea groups is 1. The minimum atomic E-state index is -1.10. The van der Waals surface area contributed by atoms with Crippen molar-refractivity contribution in [1.82, 2.24) is 10.3 Å². The number of carbonyl (C=O) groups is 3. The molecule has 0 spiro atoms. The molecule has 1 aliphatic rings. The molecule has 0 radical (unpaired) electrons. The van der Waals surface area contributed by atoms with Crippen LogP contribution in [0.5, 0.6) is 5.75 Å². The third-order valence-corrected chi connectivity index (χ3v) is 5.31. The molecule has 0 aromatic heterocycles. The van der Waals surface area contributed by atoms with Crippen LogP contribution in [0, 0.1) is 0 Å². The highest BCUT2D eigenvalue weighted by atomic mass is 35.5. The Labute approximate surface area is 191 Å². The second-order valence-electron chi connectivity index (χ2n) is 7.92. The van der Waals surface area contributed by atoms with Gasteiger partial charge in [-0.25, -0.2) is 10.2 Å². The molecule has 3 rings (SSSR count). The van der Waals surface area contributed by atoms with E-state index in [0.717, 1.165) is 5.71 Å². The predicted molar refractivity (Wildman–Crippen MR) is 122 cm³/mol. The van der Waals surface area contributed by atoms with E-state index in [0.29, 0.717) is 47.8 Å². The average molecular weight is 457 g/mol. The Kier molecular flexibility index (Phi) is 7.15. The Morgan fingerprint density at radius 1 is 1.00 bits per heavy atom. The summed E-state index contributed by atoms with van der Waals surface area (Å²) in [5.74, 6) is 0.210. The number of nitrogens with zero attached hydrogens (tertiary/aromatic N) is 2. The van der Waals surface area contributed by atoms with Gasteiger partial charge in [-0.15, -0.1) is 0 Å². The molecule has 0 unspecified atom stereocenters. The highest BCUT2D eigenvalue weighted by molar-refractivity contribution is 6.30. The largest absolute Gasteiger partial charge is 0.478 e. The van der Waals surface area contributed by atoms with Crippen LogP contribution in [0.2, 0.25) is 5.02 Å². The van der Waals surface area contributed by atoms with Gasteiger partial charge in [0.05, 0.1) is 0 Å². The molecule has 3 amide bonds. The van der Waals surface area contributed by atoms with Crippen LogP contribution < -0.4 is 15.9 Å². The summed E-state index contributed by atoms with van der Waals surface area (Å²) in [6.45, 7) is 4.36. The highest BCUT2D eigenvalue weighted by Crippen LogP contribution is 2.23. The third kappa shape index (κ3) is 5.85. The standard InChI is InChI=1S/C23H25ClN4O4/c1-23(2,21(30)28-13-11-18(12-14-28)26-27-22(25)31)32-19-9-5-16(6-10-19)20(29)15-3-7-17(24)8-4-15/h3-10H,11-14H2,1-2H3,(H3,25,27,31). The van der Waals surface area contributed by atoms with Crippen LogP contribution >= 0.6 is 11.6 Å². The normalized spacial score (nSPS) is 14.0. The fourth-order valence-corrected chi connectivity index (χ4v) is 3.50. The Bertz CT molecular complexity index is 1020. The summed E-state index contributed by atoms with van der Waals surface area (Å²) in [4.78, 5) is 38.1. The van der Waals surface area contributed by atoms with Gasteiger partial charge >= 0.3 is 6.03 Å². The maximum atomic E-state index is 13.0. The number of nitrogens with one attached hydrogen (secondary N) is 1. The molecule has 32 heavy (non-hydrogen) atoms. The molecule has 0 atom stereocenters. The Morgan fingerprint density at radius 2 is 1.53 bits per heavy atom. The number of hydrogen-bond donors (Lipinski definition) is 2. The van der Waals surface area contributed by atoms with Crippen molar-refractivity contribution in [2.45, 2.75) is 32.3 Å². The molecule has 1 heterocycles. The molecule has 168 valence electrons. The Morgan fingerprint density at radius 3 is 2.06 bits per heavy atom. The Balaban J connectivity index is 1.60. The number of rotatable bonds is 6. The van der Waals surface area contributed by atoms with Crippen LogP contribution in [0.25, 0.3) is 0 Å². The van der Waals surface area contributed by atoms with Gasteiger partial charge in [-0.2, -0.15) is 5.10 Å². The first-order valence-corrected chi connectivity index (χ1v) is 10.5. The molecule has 1 fully saturated rings. The number of piperidine rings is 1. The van der Waals surface area contributed by atoms with Crippen molar-refractivity contribution >= 4 is 35.0 Å². The first-order valence-electron chi connectivity index (χ1n) is 10.2. The number of ketones is 1. The molecule has 2 aromatic carbocycles. The smallest absolute Gasteiger partial charge is 0.332 e. The van der Waals surface area contributed by atoms with Crippen molar-refractivity contribution in [2.75, 3.05) is 13.1 Å². The highest BCUT2D eigenvalue weighted by Gasteiger charge is 2.35. The molecule has 8 nitrogen and oxygen atoms in total. The van der Waals surface area contributed by atoms with Gasteiger partial charge in [0.2, 0.25) is 0 Å². The topological polar surface area (TPSA) is 114 Å². The van der Waals surface area contributed by atoms with E-state index in [1.807, 2.05) is 0 Å². The molecule has 0 saturated carbocycles. The maximum absolute atomic E-state index is 13.0. The van der Waals surface area contributed by atoms with E-state index >= 15 is 0 Å². The lowest BCUT2D eigenvalue weighted by molar-refractivity contribution is -0.145. The van der Waals surface area contributed by atoms with Crippen molar-refractivity contribution < 1.29 is 19.1 Å². The molecule has 0 bridgehead atoms. The monoisotopic (exact) mass is 456 g/mol. The maximum Gasteiger partial charge on any atom is 0.332 e. The number of hydrazone groups is 1. The van der Waals surface area contributed by atoms with E-state index in [1.165, 1.54) is 0 Å². The molecular formula is C23H25ClN4O4. The van der Waals surface area contributed by atoms with Gasteiger partial charge in [-0.1, -0.05) is 11.6 Å². The van der Waals surface area contributed by atoms with Crippen molar-refractivity contribution in [3.05, 3.63) is 64.7 Å². The summed E-state index contributed by atoms with van der Waals surface area (Å²) < 4.78 is 5.96. The van der Waals surface area contributed by atoms with E-state index in [1.54, 1.807) is 67.3 Å². The third-order valence-electron chi connectivity index (χ3n) is 5.06. The molecule has 9 heteroatoms. The van der Waals surface area contributed by atoms with Crippen molar-refractivity contribution in [2.24, 2.45) is 10.8 Å². The molecule has 1 aliphatic heterocycles. The molecular weight excluding hydrogens is 432 g/mol. The summed E-state index contributed by atoms with van der Waals surface area (Å²) in [5, 5.41) is 4.51. The second kappa shape index (κ2) is 9.82. The van der Waals surface area contributed by atoms with Crippen LogP contribution in [0.15, 0.2) is 53.6 Å². The molecule has 2 aromatic rings. The molecule has 3 N–H and O–H groups in total. The number of ether oxygens (including phenoxy) is 1. The van der Waals surface area contributed by atoms with Crippen LogP contribution in [0.4, 0.5) is 4.79 Å². The zero-order valence-electron chi connectivity index (χ0n) is 17.9. The lowest BCUT2D eigenvalue weighted by Gasteiger charge is -2.34. The lowest BCUT2D eigenvalue weighted by Crippen LogP contribution is -2.51. The molecule has 0 aliphatic carbocycles. The van der Waals surface area contributed by atoms with Gasteiger partial charge < -0.3 is 15.4 Å². The predicted octanol–water partition coefficient (Wildman–Crippen LogP) is 3.38. The zero-order valence-corrected chi connectivity index (χ0v) is 18.7. The van der Waals surface area contributed by atoms with Gasteiger partial charge in [0.1, 0.15) is 5.75 Å². The number of nitrogens with two attached hydrogens (primary N) is 1. The van der Waals surface area contributed by atoms with E-state index in [2.05, 4.69) is 10.5 Å². The van der Waals surface area contributed by atoms with Crippen LogP contribution in [-0.4, -0.2) is 47.0 Å². The molecule has 1 saturated heterocycles. The van der Waals surface area contributed by atoms with Gasteiger partial charge in [0.15, 0.2) is 11.4 Å². The zero-order chi connectivity index (χ0) is 23.3. The first-order chi connectivity index (χ1) is 15.2. The van der Waals surface area contributed by atoms with Crippen LogP contribution in [0.1, 0.15) is 42.6 Å². The van der Waals surface area contributed by atoms with Crippen molar-refractivity contribution in [3.63, 3.8) is 0 Å². The first kappa shape index (κ1) is 23.3. The van der Waals surface area contributed by atoms with Crippen LogP contribution in [0.3, 0.4) is 0 Å². The van der Waals surface area contributed by atoms with E-state index in [9.17, 15) is 14.4 Å². The van der Waals surface area contributed by atoms with Gasteiger partial charge in [-0.3, -0.25) is 9.59 Å². The summed E-state index contributed by atoms with van der Waals surface area (Å²) >= 11 is 5.87. The number of hydrogen-bond acceptors (Lipinski definition) is 5. The van der Waals surface area contributed by atoms with Gasteiger partial charge in [-0.05, 0) is 62.4 Å². The van der Waals surface area contributed by atoms with E-state index in [4.69, 9.17) is 22.1 Å². The van der Waals surface area contributed by atoms with Crippen molar-refractivity contribution in [1.29, 1.82) is 0 Å².